The third-order valence-electron chi connectivity index (χ3n) is 3.01. The average molecular weight is 310 g/mol. The first-order valence-electron chi connectivity index (χ1n) is 6.36. The standard InChI is InChI=1S/C15H16ClNO2S/c16-13-4-2-12(3-5-13)14(9-18)17-15(19)6-1-11-7-8-20-10-11/h2-5,7-8,10,14,18H,1,6,9H2,(H,17,19). The molecular formula is C15H16ClNO2S. The van der Waals surface area contributed by atoms with Crippen molar-refractivity contribution < 1.29 is 9.90 Å². The summed E-state index contributed by atoms with van der Waals surface area (Å²) in [5.41, 5.74) is 2.01. The molecule has 0 fully saturated rings. The van der Waals surface area contributed by atoms with Crippen molar-refractivity contribution >= 4 is 28.8 Å². The van der Waals surface area contributed by atoms with Gasteiger partial charge in [0.15, 0.2) is 0 Å². The number of halogens is 1. The van der Waals surface area contributed by atoms with Gasteiger partial charge in [-0.3, -0.25) is 4.79 Å². The monoisotopic (exact) mass is 309 g/mol. The summed E-state index contributed by atoms with van der Waals surface area (Å²) in [6, 6.07) is 8.74. The fraction of sp³-hybridized carbons (Fsp3) is 0.267. The molecule has 0 aliphatic rings. The van der Waals surface area contributed by atoms with Crippen molar-refractivity contribution in [2.24, 2.45) is 0 Å². The molecule has 0 radical (unpaired) electrons. The van der Waals surface area contributed by atoms with Crippen LogP contribution >= 0.6 is 22.9 Å². The summed E-state index contributed by atoms with van der Waals surface area (Å²) in [5, 5.41) is 16.9. The maximum atomic E-state index is 11.9. The first-order chi connectivity index (χ1) is 9.69. The Morgan fingerprint density at radius 1 is 1.30 bits per heavy atom. The minimum atomic E-state index is -0.387. The molecule has 1 aromatic carbocycles. The lowest BCUT2D eigenvalue weighted by atomic mass is 10.1. The van der Waals surface area contributed by atoms with E-state index in [1.807, 2.05) is 29.0 Å². The normalized spacial score (nSPS) is 12.1. The zero-order valence-electron chi connectivity index (χ0n) is 10.9. The minimum Gasteiger partial charge on any atom is -0.394 e. The summed E-state index contributed by atoms with van der Waals surface area (Å²) in [4.78, 5) is 11.9. The Morgan fingerprint density at radius 3 is 2.65 bits per heavy atom. The van der Waals surface area contributed by atoms with E-state index in [9.17, 15) is 9.90 Å². The Morgan fingerprint density at radius 2 is 2.05 bits per heavy atom. The number of carbonyl (C=O) groups excluding carboxylic acids is 1. The van der Waals surface area contributed by atoms with Gasteiger partial charge in [0.2, 0.25) is 5.91 Å². The lowest BCUT2D eigenvalue weighted by Crippen LogP contribution is -2.30. The van der Waals surface area contributed by atoms with Crippen molar-refractivity contribution in [1.29, 1.82) is 0 Å². The second-order valence-electron chi connectivity index (χ2n) is 4.49. The predicted molar refractivity (Wildman–Crippen MR) is 82.1 cm³/mol. The van der Waals surface area contributed by atoms with Gasteiger partial charge < -0.3 is 10.4 Å². The minimum absolute atomic E-state index is 0.0646. The van der Waals surface area contributed by atoms with Crippen molar-refractivity contribution in [3.8, 4) is 0 Å². The van der Waals surface area contributed by atoms with Crippen molar-refractivity contribution in [2.75, 3.05) is 6.61 Å². The second-order valence-corrected chi connectivity index (χ2v) is 5.70. The molecule has 106 valence electrons. The molecule has 2 N–H and O–H groups in total. The van der Waals surface area contributed by atoms with E-state index in [0.717, 1.165) is 11.1 Å². The molecule has 0 saturated carbocycles. The number of nitrogens with one attached hydrogen (secondary N) is 1. The summed E-state index contributed by atoms with van der Waals surface area (Å²) in [5.74, 6) is -0.0646. The lowest BCUT2D eigenvalue weighted by Gasteiger charge is -2.16. The fourth-order valence-corrected chi connectivity index (χ4v) is 2.72. The average Bonchev–Trinajstić information content (AvgIpc) is 2.97. The van der Waals surface area contributed by atoms with E-state index >= 15 is 0 Å². The van der Waals surface area contributed by atoms with Crippen LogP contribution in [0.3, 0.4) is 0 Å². The Kier molecular flexibility index (Phi) is 5.59. The molecule has 0 bridgehead atoms. The van der Waals surface area contributed by atoms with Gasteiger partial charge in [-0.25, -0.2) is 0 Å². The number of thiophene rings is 1. The highest BCUT2D eigenvalue weighted by molar-refractivity contribution is 7.07. The predicted octanol–water partition coefficient (Wildman–Crippen LogP) is 3.18. The van der Waals surface area contributed by atoms with Gasteiger partial charge in [-0.2, -0.15) is 11.3 Å². The van der Waals surface area contributed by atoms with E-state index in [0.29, 0.717) is 17.9 Å². The fourth-order valence-electron chi connectivity index (χ4n) is 1.89. The number of carbonyl (C=O) groups is 1. The van der Waals surface area contributed by atoms with E-state index in [1.165, 1.54) is 0 Å². The van der Waals surface area contributed by atoms with Crippen molar-refractivity contribution in [3.05, 3.63) is 57.2 Å². The van der Waals surface area contributed by atoms with E-state index in [-0.39, 0.29) is 18.6 Å². The van der Waals surface area contributed by atoms with Crippen LogP contribution in [0.1, 0.15) is 23.6 Å². The molecule has 1 amide bonds. The number of hydrogen-bond donors (Lipinski definition) is 2. The molecular weight excluding hydrogens is 294 g/mol. The number of hydrogen-bond acceptors (Lipinski definition) is 3. The Balaban J connectivity index is 1.89. The van der Waals surface area contributed by atoms with Crippen LogP contribution in [0.2, 0.25) is 5.02 Å². The van der Waals surface area contributed by atoms with E-state index in [2.05, 4.69) is 5.32 Å². The number of benzene rings is 1. The molecule has 3 nitrogen and oxygen atoms in total. The van der Waals surface area contributed by atoms with E-state index in [4.69, 9.17) is 11.6 Å². The molecule has 5 heteroatoms. The van der Waals surface area contributed by atoms with Crippen LogP contribution in [0.15, 0.2) is 41.1 Å². The number of aliphatic hydroxyl groups excluding tert-OH is 1. The highest BCUT2D eigenvalue weighted by Gasteiger charge is 2.13. The molecule has 0 saturated heterocycles. The number of rotatable bonds is 6. The van der Waals surface area contributed by atoms with Crippen molar-refractivity contribution in [2.45, 2.75) is 18.9 Å². The van der Waals surface area contributed by atoms with Crippen LogP contribution < -0.4 is 5.32 Å². The maximum Gasteiger partial charge on any atom is 0.220 e. The SMILES string of the molecule is O=C(CCc1ccsc1)NC(CO)c1ccc(Cl)cc1. The molecule has 1 atom stereocenters. The van der Waals surface area contributed by atoms with Crippen molar-refractivity contribution in [1.82, 2.24) is 5.32 Å². The Bertz CT molecular complexity index is 540. The number of amides is 1. The van der Waals surface area contributed by atoms with Crippen LogP contribution in [0, 0.1) is 0 Å². The Labute approximate surface area is 127 Å². The molecule has 2 rings (SSSR count). The molecule has 0 aliphatic heterocycles. The second kappa shape index (κ2) is 7.43. The quantitative estimate of drug-likeness (QED) is 0.861. The molecule has 1 heterocycles. The van der Waals surface area contributed by atoms with Gasteiger partial charge in [0.05, 0.1) is 12.6 Å². The van der Waals surface area contributed by atoms with Gasteiger partial charge in [0, 0.05) is 11.4 Å². The first-order valence-corrected chi connectivity index (χ1v) is 7.68. The van der Waals surface area contributed by atoms with E-state index < -0.39 is 0 Å². The Hall–Kier alpha value is -1.36. The molecule has 20 heavy (non-hydrogen) atoms. The summed E-state index contributed by atoms with van der Waals surface area (Å²) in [6.45, 7) is -0.133. The topological polar surface area (TPSA) is 49.3 Å². The zero-order chi connectivity index (χ0) is 14.4. The maximum absolute atomic E-state index is 11.9. The lowest BCUT2D eigenvalue weighted by molar-refractivity contribution is -0.122. The van der Waals surface area contributed by atoms with Crippen LogP contribution in [0.4, 0.5) is 0 Å². The van der Waals surface area contributed by atoms with E-state index in [1.54, 1.807) is 23.5 Å². The summed E-state index contributed by atoms with van der Waals surface area (Å²) < 4.78 is 0. The smallest absolute Gasteiger partial charge is 0.220 e. The largest absolute Gasteiger partial charge is 0.394 e. The van der Waals surface area contributed by atoms with Gasteiger partial charge >= 0.3 is 0 Å². The molecule has 0 spiro atoms. The highest BCUT2D eigenvalue weighted by atomic mass is 35.5. The molecule has 2 aromatic rings. The first kappa shape index (κ1) is 15.0. The zero-order valence-corrected chi connectivity index (χ0v) is 12.5. The van der Waals surface area contributed by atoms with Crippen LogP contribution in [0.5, 0.6) is 0 Å². The molecule has 0 aliphatic carbocycles. The van der Waals surface area contributed by atoms with Crippen LogP contribution in [-0.2, 0) is 11.2 Å². The van der Waals surface area contributed by atoms with Gasteiger partial charge in [-0.1, -0.05) is 23.7 Å². The number of aliphatic hydroxyl groups is 1. The van der Waals surface area contributed by atoms with Gasteiger partial charge in [-0.15, -0.1) is 0 Å². The summed E-state index contributed by atoms with van der Waals surface area (Å²) in [6.07, 6.45) is 1.13. The molecule has 1 unspecified atom stereocenters. The number of aryl methyl sites for hydroxylation is 1. The van der Waals surface area contributed by atoms with Gasteiger partial charge in [0.1, 0.15) is 0 Å². The van der Waals surface area contributed by atoms with Crippen molar-refractivity contribution in [3.63, 3.8) is 0 Å². The highest BCUT2D eigenvalue weighted by Crippen LogP contribution is 2.16. The summed E-state index contributed by atoms with van der Waals surface area (Å²) >= 11 is 7.45. The summed E-state index contributed by atoms with van der Waals surface area (Å²) in [7, 11) is 0. The third-order valence-corrected chi connectivity index (χ3v) is 4.00. The van der Waals surface area contributed by atoms with Gasteiger partial charge in [-0.05, 0) is 46.5 Å². The van der Waals surface area contributed by atoms with Crippen LogP contribution in [0.25, 0.3) is 0 Å². The van der Waals surface area contributed by atoms with Crippen LogP contribution in [-0.4, -0.2) is 17.6 Å². The third kappa shape index (κ3) is 4.34. The molecule has 1 aromatic heterocycles. The van der Waals surface area contributed by atoms with Gasteiger partial charge in [0.25, 0.3) is 0 Å².